The van der Waals surface area contributed by atoms with E-state index in [-0.39, 0.29) is 23.2 Å². The molecule has 1 amide bonds. The summed E-state index contributed by atoms with van der Waals surface area (Å²) in [6.45, 7) is 4.17. The number of rotatable bonds is 8. The van der Waals surface area contributed by atoms with Crippen LogP contribution in [0.3, 0.4) is 0 Å². The fourth-order valence-corrected chi connectivity index (χ4v) is 2.56. The lowest BCUT2D eigenvalue weighted by atomic mass is 10.1. The van der Waals surface area contributed by atoms with E-state index in [9.17, 15) is 14.9 Å². The molecule has 0 aliphatic rings. The molecule has 0 aliphatic heterocycles. The molecule has 0 bridgehead atoms. The first-order valence-electron chi connectivity index (χ1n) is 8.37. The summed E-state index contributed by atoms with van der Waals surface area (Å²) in [6.07, 6.45) is 0.650. The van der Waals surface area contributed by atoms with Gasteiger partial charge in [0.15, 0.2) is 0 Å². The molecule has 0 aliphatic carbocycles. The lowest BCUT2D eigenvalue weighted by molar-refractivity contribution is -0.384. The number of hydrogen-bond donors (Lipinski definition) is 2. The summed E-state index contributed by atoms with van der Waals surface area (Å²) in [5.41, 5.74) is 1.53. The number of nitro benzene ring substituents is 1. The molecule has 0 spiro atoms. The van der Waals surface area contributed by atoms with E-state index >= 15 is 0 Å². The number of methoxy groups -OCH3 is 1. The van der Waals surface area contributed by atoms with Crippen LogP contribution < -0.4 is 15.4 Å². The number of hydrogen-bond acceptors (Lipinski definition) is 5. The minimum Gasteiger partial charge on any atom is -0.496 e. The normalized spacial score (nSPS) is 10.5. The van der Waals surface area contributed by atoms with Gasteiger partial charge in [0.2, 0.25) is 0 Å². The van der Waals surface area contributed by atoms with Crippen LogP contribution in [0.1, 0.15) is 29.8 Å². The van der Waals surface area contributed by atoms with E-state index in [1.165, 1.54) is 6.07 Å². The summed E-state index contributed by atoms with van der Waals surface area (Å²) in [5.74, 6) is 0.452. The van der Waals surface area contributed by atoms with Gasteiger partial charge in [-0.25, -0.2) is 0 Å². The Labute approximate surface area is 152 Å². The van der Waals surface area contributed by atoms with Crippen LogP contribution in [0.2, 0.25) is 0 Å². The topological polar surface area (TPSA) is 93.5 Å². The van der Waals surface area contributed by atoms with E-state index in [1.54, 1.807) is 19.2 Å². The number of carbonyl (C=O) groups is 1. The van der Waals surface area contributed by atoms with Crippen molar-refractivity contribution in [3.8, 4) is 5.75 Å². The number of nitro groups is 1. The second kappa shape index (κ2) is 8.84. The van der Waals surface area contributed by atoms with Gasteiger partial charge >= 0.3 is 0 Å². The average molecular weight is 357 g/mol. The Morgan fingerprint density at radius 2 is 1.96 bits per heavy atom. The highest BCUT2D eigenvalue weighted by Crippen LogP contribution is 2.26. The van der Waals surface area contributed by atoms with E-state index < -0.39 is 4.92 Å². The Morgan fingerprint density at radius 3 is 2.62 bits per heavy atom. The minimum atomic E-state index is -0.489. The van der Waals surface area contributed by atoms with Crippen LogP contribution in [0.5, 0.6) is 5.75 Å². The standard InChI is InChI=1S/C19H23N3O4/c1-13(2)21-19(23)15-8-9-16(17(12-15)22(24)25)20-11-10-14-6-4-5-7-18(14)26-3/h4-9,12-13,20H,10-11H2,1-3H3,(H,21,23). The van der Waals surface area contributed by atoms with E-state index in [2.05, 4.69) is 10.6 Å². The van der Waals surface area contributed by atoms with Gasteiger partial charge < -0.3 is 15.4 Å². The van der Waals surface area contributed by atoms with Crippen LogP contribution >= 0.6 is 0 Å². The monoisotopic (exact) mass is 357 g/mol. The molecule has 0 fully saturated rings. The maximum atomic E-state index is 12.0. The van der Waals surface area contributed by atoms with E-state index in [1.807, 2.05) is 38.1 Å². The molecule has 0 radical (unpaired) electrons. The van der Waals surface area contributed by atoms with Gasteiger partial charge in [0.05, 0.1) is 12.0 Å². The predicted octanol–water partition coefficient (Wildman–Crippen LogP) is 3.40. The zero-order chi connectivity index (χ0) is 19.1. The van der Waals surface area contributed by atoms with Gasteiger partial charge in [-0.3, -0.25) is 14.9 Å². The minimum absolute atomic E-state index is 0.0415. The number of ether oxygens (including phenoxy) is 1. The molecule has 0 saturated heterocycles. The first kappa shape index (κ1) is 19.2. The van der Waals surface area contributed by atoms with Crippen LogP contribution in [0.25, 0.3) is 0 Å². The molecule has 0 heterocycles. The summed E-state index contributed by atoms with van der Waals surface area (Å²) in [7, 11) is 1.61. The molecule has 0 aromatic heterocycles. The molecule has 2 rings (SSSR count). The van der Waals surface area contributed by atoms with Crippen molar-refractivity contribution in [1.82, 2.24) is 5.32 Å². The molecule has 0 unspecified atom stereocenters. The Kier molecular flexibility index (Phi) is 6.54. The number of nitrogens with zero attached hydrogens (tertiary/aromatic N) is 1. The number of amides is 1. The molecule has 2 aromatic carbocycles. The first-order chi connectivity index (χ1) is 12.4. The van der Waals surface area contributed by atoms with Gasteiger partial charge in [-0.1, -0.05) is 18.2 Å². The predicted molar refractivity (Wildman–Crippen MR) is 101 cm³/mol. The Balaban J connectivity index is 2.11. The molecule has 26 heavy (non-hydrogen) atoms. The highest BCUT2D eigenvalue weighted by atomic mass is 16.6. The molecule has 138 valence electrons. The van der Waals surface area contributed by atoms with Gasteiger partial charge in [-0.2, -0.15) is 0 Å². The fraction of sp³-hybridized carbons (Fsp3) is 0.316. The third kappa shape index (κ3) is 4.95. The van der Waals surface area contributed by atoms with Crippen molar-refractivity contribution in [1.29, 1.82) is 0 Å². The zero-order valence-corrected chi connectivity index (χ0v) is 15.1. The molecular formula is C19H23N3O4. The smallest absolute Gasteiger partial charge is 0.293 e. The Hall–Kier alpha value is -3.09. The summed E-state index contributed by atoms with van der Waals surface area (Å²) >= 11 is 0. The van der Waals surface area contributed by atoms with Crippen molar-refractivity contribution >= 4 is 17.3 Å². The third-order valence-electron chi connectivity index (χ3n) is 3.78. The maximum Gasteiger partial charge on any atom is 0.293 e. The Morgan fingerprint density at radius 1 is 1.23 bits per heavy atom. The number of carbonyl (C=O) groups excluding carboxylic acids is 1. The van der Waals surface area contributed by atoms with Crippen LogP contribution in [0.15, 0.2) is 42.5 Å². The van der Waals surface area contributed by atoms with Crippen molar-refractivity contribution in [2.75, 3.05) is 19.0 Å². The van der Waals surface area contributed by atoms with Gasteiger partial charge in [-0.15, -0.1) is 0 Å². The molecule has 0 atom stereocenters. The average Bonchev–Trinajstić information content (AvgIpc) is 2.61. The lowest BCUT2D eigenvalue weighted by Crippen LogP contribution is -2.30. The highest BCUT2D eigenvalue weighted by Gasteiger charge is 2.18. The quantitative estimate of drug-likeness (QED) is 0.558. The van der Waals surface area contributed by atoms with Crippen molar-refractivity contribution in [2.24, 2.45) is 0 Å². The zero-order valence-electron chi connectivity index (χ0n) is 15.1. The third-order valence-corrected chi connectivity index (χ3v) is 3.78. The highest BCUT2D eigenvalue weighted by molar-refractivity contribution is 5.95. The van der Waals surface area contributed by atoms with Crippen molar-refractivity contribution < 1.29 is 14.5 Å². The second-order valence-electron chi connectivity index (χ2n) is 6.11. The van der Waals surface area contributed by atoms with Crippen LogP contribution in [-0.2, 0) is 6.42 Å². The van der Waals surface area contributed by atoms with Gasteiger partial charge in [0, 0.05) is 24.2 Å². The van der Waals surface area contributed by atoms with Crippen molar-refractivity contribution in [3.63, 3.8) is 0 Å². The van der Waals surface area contributed by atoms with Crippen LogP contribution in [-0.4, -0.2) is 30.5 Å². The Bertz CT molecular complexity index is 790. The number of benzene rings is 2. The molecule has 7 heteroatoms. The summed E-state index contributed by atoms with van der Waals surface area (Å²) in [4.78, 5) is 22.9. The van der Waals surface area contributed by atoms with Gasteiger partial charge in [0.25, 0.3) is 11.6 Å². The number of para-hydroxylation sites is 1. The molecular weight excluding hydrogens is 334 g/mol. The van der Waals surface area contributed by atoms with Crippen molar-refractivity contribution in [2.45, 2.75) is 26.3 Å². The summed E-state index contributed by atoms with van der Waals surface area (Å²) in [6, 6.07) is 12.0. The SMILES string of the molecule is COc1ccccc1CCNc1ccc(C(=O)NC(C)C)cc1[N+](=O)[O-]. The number of anilines is 1. The fourth-order valence-electron chi connectivity index (χ4n) is 2.56. The maximum absolute atomic E-state index is 12.0. The van der Waals surface area contributed by atoms with Crippen molar-refractivity contribution in [3.05, 3.63) is 63.7 Å². The largest absolute Gasteiger partial charge is 0.496 e. The second-order valence-corrected chi connectivity index (χ2v) is 6.11. The molecule has 2 aromatic rings. The number of nitrogens with one attached hydrogen (secondary N) is 2. The summed E-state index contributed by atoms with van der Waals surface area (Å²) in [5, 5.41) is 17.2. The molecule has 0 saturated carbocycles. The van der Waals surface area contributed by atoms with Crippen LogP contribution in [0, 0.1) is 10.1 Å². The van der Waals surface area contributed by atoms with E-state index in [4.69, 9.17) is 4.74 Å². The molecule has 2 N–H and O–H groups in total. The van der Waals surface area contributed by atoms with Crippen LogP contribution in [0.4, 0.5) is 11.4 Å². The molecule has 7 nitrogen and oxygen atoms in total. The van der Waals surface area contributed by atoms with E-state index in [0.717, 1.165) is 11.3 Å². The van der Waals surface area contributed by atoms with Gasteiger partial charge in [-0.05, 0) is 44.0 Å². The van der Waals surface area contributed by atoms with E-state index in [0.29, 0.717) is 18.7 Å². The summed E-state index contributed by atoms with van der Waals surface area (Å²) < 4.78 is 5.30. The van der Waals surface area contributed by atoms with Gasteiger partial charge in [0.1, 0.15) is 11.4 Å². The first-order valence-corrected chi connectivity index (χ1v) is 8.37. The lowest BCUT2D eigenvalue weighted by Gasteiger charge is -2.12.